The van der Waals surface area contributed by atoms with Crippen LogP contribution >= 0.6 is 22.6 Å². The molecule has 0 aliphatic rings. The summed E-state index contributed by atoms with van der Waals surface area (Å²) in [6.45, 7) is 5.27. The largest absolute Gasteiger partial charge is 0.369 e. The summed E-state index contributed by atoms with van der Waals surface area (Å²) in [6.07, 6.45) is 7.55. The number of nitrogens with zero attached hydrogens (tertiary/aromatic N) is 3. The highest BCUT2D eigenvalue weighted by atomic mass is 127. The van der Waals surface area contributed by atoms with Gasteiger partial charge in [0.25, 0.3) is 0 Å². The first-order valence-electron chi connectivity index (χ1n) is 7.42. The van der Waals surface area contributed by atoms with Gasteiger partial charge in [-0.15, -0.1) is 0 Å². The lowest BCUT2D eigenvalue weighted by Crippen LogP contribution is -2.11. The van der Waals surface area contributed by atoms with E-state index in [1.807, 2.05) is 12.3 Å². The Kier molecular flexibility index (Phi) is 6.35. The third-order valence-corrected chi connectivity index (χ3v) is 4.21. The monoisotopic (exact) mass is 396 g/mol. The van der Waals surface area contributed by atoms with E-state index in [2.05, 4.69) is 52.8 Å². The first-order valence-corrected chi connectivity index (χ1v) is 8.50. The zero-order chi connectivity index (χ0) is 15.1. The first-order chi connectivity index (χ1) is 10.2. The van der Waals surface area contributed by atoms with Crippen LogP contribution in [0.5, 0.6) is 0 Å². The van der Waals surface area contributed by atoms with E-state index in [1.165, 1.54) is 0 Å². The van der Waals surface area contributed by atoms with Crippen molar-refractivity contribution < 1.29 is 0 Å². The molecule has 0 amide bonds. The maximum absolute atomic E-state index is 4.74. The van der Waals surface area contributed by atoms with E-state index in [9.17, 15) is 0 Å². The number of hydrogen-bond acceptors (Lipinski definition) is 4. The Labute approximate surface area is 140 Å². The smallest absolute Gasteiger partial charge is 0.143 e. The molecule has 0 aliphatic heterocycles. The molecule has 0 bridgehead atoms. The van der Waals surface area contributed by atoms with E-state index >= 15 is 0 Å². The molecule has 2 heterocycles. The summed E-state index contributed by atoms with van der Waals surface area (Å²) in [5.74, 6) is 1.83. The second-order valence-corrected chi connectivity index (χ2v) is 6.04. The van der Waals surface area contributed by atoms with E-state index in [4.69, 9.17) is 9.97 Å². The Morgan fingerprint density at radius 3 is 2.71 bits per heavy atom. The minimum Gasteiger partial charge on any atom is -0.369 e. The van der Waals surface area contributed by atoms with Gasteiger partial charge in [0.05, 0.1) is 9.26 Å². The summed E-state index contributed by atoms with van der Waals surface area (Å²) in [5.41, 5.74) is 2.29. The predicted molar refractivity (Wildman–Crippen MR) is 94.6 cm³/mol. The standard InChI is InChI=1S/C16H21IN4/c1-3-6-13-15(17)16(19-8-4-2)21-14(20-13)10-12-7-5-9-18-11-12/h5,7,9,11H,3-4,6,8,10H2,1-2H3,(H,19,20,21). The fraction of sp³-hybridized carbons (Fsp3) is 0.438. The fourth-order valence-electron chi connectivity index (χ4n) is 2.07. The maximum atomic E-state index is 4.74. The minimum absolute atomic E-state index is 0.724. The molecule has 21 heavy (non-hydrogen) atoms. The van der Waals surface area contributed by atoms with Gasteiger partial charge in [-0.05, 0) is 47.1 Å². The Morgan fingerprint density at radius 2 is 2.05 bits per heavy atom. The summed E-state index contributed by atoms with van der Waals surface area (Å²) < 4.78 is 1.15. The van der Waals surface area contributed by atoms with Gasteiger partial charge in [-0.3, -0.25) is 4.98 Å². The van der Waals surface area contributed by atoms with Crippen LogP contribution in [0, 0.1) is 3.57 Å². The first kappa shape index (κ1) is 16.1. The van der Waals surface area contributed by atoms with Crippen LogP contribution in [0.1, 0.15) is 43.8 Å². The summed E-state index contributed by atoms with van der Waals surface area (Å²) in [7, 11) is 0. The second-order valence-electron chi connectivity index (χ2n) is 4.96. The van der Waals surface area contributed by atoms with E-state index < -0.39 is 0 Å². The van der Waals surface area contributed by atoms with E-state index in [-0.39, 0.29) is 0 Å². The number of rotatable bonds is 7. The van der Waals surface area contributed by atoms with Crippen molar-refractivity contribution in [2.75, 3.05) is 11.9 Å². The van der Waals surface area contributed by atoms with Gasteiger partial charge in [-0.25, -0.2) is 9.97 Å². The molecular formula is C16H21IN4. The van der Waals surface area contributed by atoms with Crippen molar-refractivity contribution in [3.05, 3.63) is 45.2 Å². The highest BCUT2D eigenvalue weighted by Crippen LogP contribution is 2.21. The normalized spacial score (nSPS) is 10.6. The second kappa shape index (κ2) is 8.26. The van der Waals surface area contributed by atoms with Crippen molar-refractivity contribution in [1.29, 1.82) is 0 Å². The van der Waals surface area contributed by atoms with Crippen molar-refractivity contribution >= 4 is 28.4 Å². The Balaban J connectivity index is 2.29. The van der Waals surface area contributed by atoms with E-state index in [0.29, 0.717) is 0 Å². The zero-order valence-electron chi connectivity index (χ0n) is 12.6. The maximum Gasteiger partial charge on any atom is 0.143 e. The molecule has 0 aromatic carbocycles. The van der Waals surface area contributed by atoms with Crippen LogP contribution in [0.3, 0.4) is 0 Å². The number of nitrogens with one attached hydrogen (secondary N) is 1. The lowest BCUT2D eigenvalue weighted by atomic mass is 10.2. The van der Waals surface area contributed by atoms with Crippen LogP contribution in [0.2, 0.25) is 0 Å². The molecule has 5 heteroatoms. The average molecular weight is 396 g/mol. The summed E-state index contributed by atoms with van der Waals surface area (Å²) in [5, 5.41) is 3.41. The van der Waals surface area contributed by atoms with Crippen LogP contribution in [0.4, 0.5) is 5.82 Å². The number of aryl methyl sites for hydroxylation is 1. The summed E-state index contributed by atoms with van der Waals surface area (Å²) in [4.78, 5) is 13.6. The lowest BCUT2D eigenvalue weighted by molar-refractivity contribution is 0.829. The summed E-state index contributed by atoms with van der Waals surface area (Å²) >= 11 is 2.35. The SMILES string of the molecule is CCCNc1nc(Cc2cccnc2)nc(CCC)c1I. The van der Waals surface area contributed by atoms with E-state index in [1.54, 1.807) is 6.20 Å². The number of hydrogen-bond donors (Lipinski definition) is 1. The van der Waals surface area contributed by atoms with Crippen LogP contribution in [0.15, 0.2) is 24.5 Å². The van der Waals surface area contributed by atoms with Crippen LogP contribution in [-0.4, -0.2) is 21.5 Å². The number of pyridine rings is 1. The molecule has 0 atom stereocenters. The molecule has 0 unspecified atom stereocenters. The van der Waals surface area contributed by atoms with Gasteiger partial charge in [0.2, 0.25) is 0 Å². The van der Waals surface area contributed by atoms with Gasteiger partial charge in [0.15, 0.2) is 0 Å². The molecule has 0 fully saturated rings. The van der Waals surface area contributed by atoms with Gasteiger partial charge in [0, 0.05) is 25.4 Å². The fourth-order valence-corrected chi connectivity index (χ4v) is 2.77. The molecule has 0 aliphatic carbocycles. The van der Waals surface area contributed by atoms with Gasteiger partial charge >= 0.3 is 0 Å². The molecule has 0 spiro atoms. The van der Waals surface area contributed by atoms with Crippen molar-refractivity contribution in [2.45, 2.75) is 39.5 Å². The average Bonchev–Trinajstić information content (AvgIpc) is 2.50. The van der Waals surface area contributed by atoms with Crippen LogP contribution in [-0.2, 0) is 12.8 Å². The van der Waals surface area contributed by atoms with Crippen LogP contribution < -0.4 is 5.32 Å². The molecule has 2 aromatic heterocycles. The van der Waals surface area contributed by atoms with Gasteiger partial charge in [-0.1, -0.05) is 26.3 Å². The topological polar surface area (TPSA) is 50.7 Å². The van der Waals surface area contributed by atoms with Crippen LogP contribution in [0.25, 0.3) is 0 Å². The van der Waals surface area contributed by atoms with Crippen molar-refractivity contribution in [2.24, 2.45) is 0 Å². The quantitative estimate of drug-likeness (QED) is 0.723. The molecule has 0 saturated carbocycles. The van der Waals surface area contributed by atoms with Gasteiger partial charge in [-0.2, -0.15) is 0 Å². The Hall–Kier alpha value is -1.24. The number of aromatic nitrogens is 3. The molecule has 2 rings (SSSR count). The molecule has 0 saturated heterocycles. The number of anilines is 1. The molecule has 2 aromatic rings. The molecule has 1 N–H and O–H groups in total. The van der Waals surface area contributed by atoms with Gasteiger partial charge < -0.3 is 5.32 Å². The van der Waals surface area contributed by atoms with Crippen molar-refractivity contribution in [1.82, 2.24) is 15.0 Å². The highest BCUT2D eigenvalue weighted by molar-refractivity contribution is 14.1. The van der Waals surface area contributed by atoms with Crippen molar-refractivity contribution in [3.8, 4) is 0 Å². The Bertz CT molecular complexity index is 572. The molecule has 4 nitrogen and oxygen atoms in total. The molecule has 0 radical (unpaired) electrons. The Morgan fingerprint density at radius 1 is 1.19 bits per heavy atom. The van der Waals surface area contributed by atoms with Crippen molar-refractivity contribution in [3.63, 3.8) is 0 Å². The zero-order valence-corrected chi connectivity index (χ0v) is 14.7. The third-order valence-electron chi connectivity index (χ3n) is 3.08. The predicted octanol–water partition coefficient (Wildman–Crippen LogP) is 3.84. The van der Waals surface area contributed by atoms with E-state index in [0.717, 1.165) is 58.7 Å². The lowest BCUT2D eigenvalue weighted by Gasteiger charge is -2.12. The minimum atomic E-state index is 0.724. The third kappa shape index (κ3) is 4.62. The molecular weight excluding hydrogens is 375 g/mol. The molecule has 112 valence electrons. The van der Waals surface area contributed by atoms with Gasteiger partial charge in [0.1, 0.15) is 11.6 Å². The highest BCUT2D eigenvalue weighted by Gasteiger charge is 2.12. The summed E-state index contributed by atoms with van der Waals surface area (Å²) in [6, 6.07) is 4.01. The number of halogens is 1.